The summed E-state index contributed by atoms with van der Waals surface area (Å²) in [7, 11) is 0. The van der Waals surface area contributed by atoms with Crippen LogP contribution >= 0.6 is 27.5 Å². The first-order valence-corrected chi connectivity index (χ1v) is 8.07. The molecule has 0 saturated carbocycles. The van der Waals surface area contributed by atoms with Gasteiger partial charge in [0.2, 0.25) is 0 Å². The second-order valence-corrected chi connectivity index (χ2v) is 7.16. The second-order valence-electron chi connectivity index (χ2n) is 5.87. The van der Waals surface area contributed by atoms with Gasteiger partial charge in [-0.05, 0) is 41.1 Å². The van der Waals surface area contributed by atoms with Crippen LogP contribution in [0.5, 0.6) is 0 Å². The highest BCUT2D eigenvalue weighted by molar-refractivity contribution is 9.10. The summed E-state index contributed by atoms with van der Waals surface area (Å²) in [6.07, 6.45) is 0. The van der Waals surface area contributed by atoms with Crippen LogP contribution in [0, 0.1) is 0 Å². The number of halogens is 2. The van der Waals surface area contributed by atoms with Crippen molar-refractivity contribution in [1.82, 2.24) is 9.97 Å². The molecule has 0 unspecified atom stereocenters. The van der Waals surface area contributed by atoms with Crippen LogP contribution in [-0.4, -0.2) is 16.5 Å². The van der Waals surface area contributed by atoms with E-state index in [0.29, 0.717) is 10.8 Å². The molecule has 2 rings (SSSR count). The van der Waals surface area contributed by atoms with Gasteiger partial charge in [-0.15, -0.1) is 0 Å². The van der Waals surface area contributed by atoms with E-state index in [9.17, 15) is 0 Å². The Balaban J connectivity index is 2.59. The van der Waals surface area contributed by atoms with Gasteiger partial charge in [0.05, 0.1) is 5.69 Å². The minimum atomic E-state index is -0.0409. The van der Waals surface area contributed by atoms with E-state index in [1.54, 1.807) is 0 Å². The van der Waals surface area contributed by atoms with Gasteiger partial charge < -0.3 is 5.32 Å². The Kier molecular flexibility index (Phi) is 4.89. The molecule has 1 heterocycles. The molecule has 0 aliphatic carbocycles. The fourth-order valence-corrected chi connectivity index (χ4v) is 2.75. The predicted molar refractivity (Wildman–Crippen MR) is 93.0 cm³/mol. The molecule has 0 fully saturated rings. The van der Waals surface area contributed by atoms with Crippen LogP contribution < -0.4 is 5.32 Å². The van der Waals surface area contributed by atoms with E-state index in [0.717, 1.165) is 28.1 Å². The van der Waals surface area contributed by atoms with E-state index < -0.39 is 0 Å². The van der Waals surface area contributed by atoms with E-state index in [1.807, 2.05) is 24.3 Å². The summed E-state index contributed by atoms with van der Waals surface area (Å²) in [6.45, 7) is 9.31. The maximum Gasteiger partial charge on any atom is 0.162 e. The Morgan fingerprint density at radius 3 is 2.48 bits per heavy atom. The standard InChI is InChI=1S/C16H19BrClN3/c1-5-19-14-9-13(16(2,3)4)20-15(21-14)11-7-6-10(18)8-12(11)17/h6-9H,5H2,1-4H3,(H,19,20,21). The molecule has 2 aromatic rings. The number of hydrogen-bond donors (Lipinski definition) is 1. The lowest BCUT2D eigenvalue weighted by atomic mass is 9.91. The Bertz CT molecular complexity index is 650. The Labute approximate surface area is 139 Å². The first kappa shape index (κ1) is 16.2. The zero-order chi connectivity index (χ0) is 15.6. The summed E-state index contributed by atoms with van der Waals surface area (Å²) < 4.78 is 0.892. The van der Waals surface area contributed by atoms with Crippen LogP contribution in [0.15, 0.2) is 28.7 Å². The van der Waals surface area contributed by atoms with Crippen molar-refractivity contribution in [2.24, 2.45) is 0 Å². The fraction of sp³-hybridized carbons (Fsp3) is 0.375. The number of hydrogen-bond acceptors (Lipinski definition) is 3. The molecule has 0 radical (unpaired) electrons. The Hall–Kier alpha value is -1.13. The second kappa shape index (κ2) is 6.32. The molecule has 1 aromatic carbocycles. The van der Waals surface area contributed by atoms with Gasteiger partial charge >= 0.3 is 0 Å². The van der Waals surface area contributed by atoms with Gasteiger partial charge in [0.15, 0.2) is 5.82 Å². The van der Waals surface area contributed by atoms with Crippen LogP contribution in [0.3, 0.4) is 0 Å². The van der Waals surface area contributed by atoms with Crippen molar-refractivity contribution in [1.29, 1.82) is 0 Å². The van der Waals surface area contributed by atoms with Crippen LogP contribution in [-0.2, 0) is 5.41 Å². The molecule has 3 nitrogen and oxygen atoms in total. The smallest absolute Gasteiger partial charge is 0.162 e. The quantitative estimate of drug-likeness (QED) is 0.800. The molecule has 0 bridgehead atoms. The van der Waals surface area contributed by atoms with Crippen molar-refractivity contribution in [2.45, 2.75) is 33.1 Å². The van der Waals surface area contributed by atoms with Crippen molar-refractivity contribution in [2.75, 3.05) is 11.9 Å². The molecule has 21 heavy (non-hydrogen) atoms. The third-order valence-corrected chi connectivity index (χ3v) is 3.92. The fourth-order valence-electron chi connectivity index (χ4n) is 1.89. The molecule has 5 heteroatoms. The number of benzene rings is 1. The summed E-state index contributed by atoms with van der Waals surface area (Å²) in [6, 6.07) is 7.65. The maximum atomic E-state index is 6.01. The van der Waals surface area contributed by atoms with Crippen molar-refractivity contribution >= 4 is 33.3 Å². The number of anilines is 1. The summed E-state index contributed by atoms with van der Waals surface area (Å²) in [5, 5.41) is 3.95. The van der Waals surface area contributed by atoms with Gasteiger partial charge in [-0.25, -0.2) is 9.97 Å². The van der Waals surface area contributed by atoms with Crippen LogP contribution in [0.25, 0.3) is 11.4 Å². The molecular weight excluding hydrogens is 350 g/mol. The van der Waals surface area contributed by atoms with Crippen LogP contribution in [0.2, 0.25) is 5.02 Å². The van der Waals surface area contributed by atoms with Gasteiger partial charge in [-0.3, -0.25) is 0 Å². The van der Waals surface area contributed by atoms with E-state index in [-0.39, 0.29) is 5.41 Å². The highest BCUT2D eigenvalue weighted by Crippen LogP contribution is 2.31. The molecule has 0 amide bonds. The number of aromatic nitrogens is 2. The zero-order valence-corrected chi connectivity index (χ0v) is 15.0. The van der Waals surface area contributed by atoms with Crippen molar-refractivity contribution in [3.05, 3.63) is 39.5 Å². The highest BCUT2D eigenvalue weighted by atomic mass is 79.9. The van der Waals surface area contributed by atoms with E-state index >= 15 is 0 Å². The first-order valence-electron chi connectivity index (χ1n) is 6.90. The molecule has 1 N–H and O–H groups in total. The Morgan fingerprint density at radius 1 is 1.19 bits per heavy atom. The number of rotatable bonds is 3. The van der Waals surface area contributed by atoms with E-state index in [2.05, 4.69) is 53.9 Å². The SMILES string of the molecule is CCNc1cc(C(C)(C)C)nc(-c2ccc(Cl)cc2Br)n1. The van der Waals surface area contributed by atoms with E-state index in [1.165, 1.54) is 0 Å². The van der Waals surface area contributed by atoms with E-state index in [4.69, 9.17) is 16.6 Å². The topological polar surface area (TPSA) is 37.8 Å². The molecule has 112 valence electrons. The molecular formula is C16H19BrClN3. The third-order valence-electron chi connectivity index (χ3n) is 3.02. The number of nitrogens with zero attached hydrogens (tertiary/aromatic N) is 2. The normalized spacial score (nSPS) is 11.5. The molecule has 0 atom stereocenters. The summed E-state index contributed by atoms with van der Waals surface area (Å²) in [4.78, 5) is 9.33. The Morgan fingerprint density at radius 2 is 1.90 bits per heavy atom. The molecule has 0 aliphatic heterocycles. The molecule has 1 aromatic heterocycles. The van der Waals surface area contributed by atoms with Crippen LogP contribution in [0.4, 0.5) is 5.82 Å². The zero-order valence-electron chi connectivity index (χ0n) is 12.7. The largest absolute Gasteiger partial charge is 0.370 e. The summed E-state index contributed by atoms with van der Waals surface area (Å²) in [5.41, 5.74) is 1.90. The average molecular weight is 369 g/mol. The minimum absolute atomic E-state index is 0.0409. The summed E-state index contributed by atoms with van der Waals surface area (Å²) >= 11 is 9.54. The lowest BCUT2D eigenvalue weighted by Gasteiger charge is -2.20. The predicted octanol–water partition coefficient (Wildman–Crippen LogP) is 5.29. The lowest BCUT2D eigenvalue weighted by Crippen LogP contribution is -2.16. The monoisotopic (exact) mass is 367 g/mol. The van der Waals surface area contributed by atoms with Gasteiger partial charge in [0, 0.05) is 33.1 Å². The minimum Gasteiger partial charge on any atom is -0.370 e. The first-order chi connectivity index (χ1) is 9.81. The van der Waals surface area contributed by atoms with Gasteiger partial charge in [0.25, 0.3) is 0 Å². The van der Waals surface area contributed by atoms with Crippen molar-refractivity contribution in [3.8, 4) is 11.4 Å². The lowest BCUT2D eigenvalue weighted by molar-refractivity contribution is 0.568. The third kappa shape index (κ3) is 3.95. The molecule has 0 aliphatic rings. The van der Waals surface area contributed by atoms with Gasteiger partial charge in [-0.1, -0.05) is 32.4 Å². The highest BCUT2D eigenvalue weighted by Gasteiger charge is 2.19. The molecule has 0 saturated heterocycles. The van der Waals surface area contributed by atoms with Gasteiger partial charge in [0.1, 0.15) is 5.82 Å². The molecule has 0 spiro atoms. The van der Waals surface area contributed by atoms with Crippen LogP contribution in [0.1, 0.15) is 33.4 Å². The average Bonchev–Trinajstić information content (AvgIpc) is 2.37. The van der Waals surface area contributed by atoms with Gasteiger partial charge in [-0.2, -0.15) is 0 Å². The van der Waals surface area contributed by atoms with Crippen molar-refractivity contribution < 1.29 is 0 Å². The summed E-state index contributed by atoms with van der Waals surface area (Å²) in [5.74, 6) is 1.54. The van der Waals surface area contributed by atoms with Crippen molar-refractivity contribution in [3.63, 3.8) is 0 Å². The maximum absolute atomic E-state index is 6.01. The number of nitrogens with one attached hydrogen (secondary N) is 1.